The molecule has 0 aliphatic rings. The number of hydrogen-bond donors (Lipinski definition) is 2. The molecule has 0 spiro atoms. The molecule has 272 valence electrons. The van der Waals surface area contributed by atoms with Gasteiger partial charge in [0.25, 0.3) is 0 Å². The molecule has 4 rings (SSSR count). The number of para-hydroxylation sites is 4. The van der Waals surface area contributed by atoms with Gasteiger partial charge in [0.05, 0.1) is 0 Å². The highest BCUT2D eigenvalue weighted by Crippen LogP contribution is 2.41. The molecule has 0 fully saturated rings. The maximum atomic E-state index is 3.90. The van der Waals surface area contributed by atoms with Crippen LogP contribution in [-0.2, 0) is 0 Å². The van der Waals surface area contributed by atoms with Crippen LogP contribution in [-0.4, -0.2) is 0 Å². The van der Waals surface area contributed by atoms with E-state index < -0.39 is 0 Å². The number of anilines is 4. The van der Waals surface area contributed by atoms with Crippen LogP contribution in [0.15, 0.2) is 72.8 Å². The molecule has 0 saturated heterocycles. The number of rotatable bonds is 12. The van der Waals surface area contributed by atoms with Crippen molar-refractivity contribution in [3.63, 3.8) is 0 Å². The lowest BCUT2D eigenvalue weighted by molar-refractivity contribution is 0.827. The van der Waals surface area contributed by atoms with E-state index in [0.29, 0.717) is 47.3 Å². The normalized spacial score (nSPS) is 11.8. The van der Waals surface area contributed by atoms with Gasteiger partial charge in [-0.15, -0.1) is 0 Å². The summed E-state index contributed by atoms with van der Waals surface area (Å²) in [4.78, 5) is 0. The summed E-state index contributed by atoms with van der Waals surface area (Å²) in [6.07, 6.45) is 0. The molecule has 0 aliphatic carbocycles. The zero-order valence-corrected chi connectivity index (χ0v) is 34.5. The highest BCUT2D eigenvalue weighted by Gasteiger charge is 2.21. The molecule has 2 nitrogen and oxygen atoms in total. The van der Waals surface area contributed by atoms with Gasteiger partial charge in [-0.05, 0) is 91.9 Å². The van der Waals surface area contributed by atoms with Crippen molar-refractivity contribution in [1.29, 1.82) is 0 Å². The molecule has 0 bridgehead atoms. The van der Waals surface area contributed by atoms with Crippen LogP contribution in [0.1, 0.15) is 203 Å². The van der Waals surface area contributed by atoms with Crippen LogP contribution in [0.2, 0.25) is 0 Å². The van der Waals surface area contributed by atoms with Crippen molar-refractivity contribution in [2.45, 2.75) is 158 Å². The summed E-state index contributed by atoms with van der Waals surface area (Å²) in [6.45, 7) is 36.5. The first kappa shape index (κ1) is 40.9. The summed E-state index contributed by atoms with van der Waals surface area (Å²) in [7, 11) is 0. The predicted octanol–water partition coefficient (Wildman–Crippen LogP) is 15.8. The SMILES string of the molecule is CC(C)c1cccc(C(C)C)c1Nc1c(C(C)C)cccc1C(C)C.CC(C)c1cccc(C(C)C)c1Nc1c(C(C)C)cccc1C(C)C. The van der Waals surface area contributed by atoms with E-state index in [1.807, 2.05) is 0 Å². The molecule has 0 unspecified atom stereocenters. The second-order valence-corrected chi connectivity index (χ2v) is 16.7. The van der Waals surface area contributed by atoms with Crippen LogP contribution in [0.3, 0.4) is 0 Å². The van der Waals surface area contributed by atoms with Gasteiger partial charge in [-0.1, -0.05) is 184 Å². The van der Waals surface area contributed by atoms with E-state index in [1.54, 1.807) is 0 Å². The molecule has 50 heavy (non-hydrogen) atoms. The van der Waals surface area contributed by atoms with E-state index in [2.05, 4.69) is 194 Å². The van der Waals surface area contributed by atoms with Crippen molar-refractivity contribution >= 4 is 22.7 Å². The predicted molar refractivity (Wildman–Crippen MR) is 225 cm³/mol. The molecule has 0 saturated carbocycles. The molecular formula is C48H70N2. The van der Waals surface area contributed by atoms with Crippen LogP contribution in [0.4, 0.5) is 22.7 Å². The fourth-order valence-corrected chi connectivity index (χ4v) is 7.03. The summed E-state index contributed by atoms with van der Waals surface area (Å²) >= 11 is 0. The highest BCUT2D eigenvalue weighted by molar-refractivity contribution is 5.75. The smallest absolute Gasteiger partial charge is 0.0454 e. The van der Waals surface area contributed by atoms with Crippen molar-refractivity contribution in [2.24, 2.45) is 0 Å². The van der Waals surface area contributed by atoms with Crippen LogP contribution in [0.5, 0.6) is 0 Å². The lowest BCUT2D eigenvalue weighted by atomic mass is 9.89. The summed E-state index contributed by atoms with van der Waals surface area (Å²) in [6, 6.07) is 27.0. The molecule has 0 radical (unpaired) electrons. The Balaban J connectivity index is 0.000000270. The fourth-order valence-electron chi connectivity index (χ4n) is 7.03. The van der Waals surface area contributed by atoms with Gasteiger partial charge < -0.3 is 10.6 Å². The monoisotopic (exact) mass is 675 g/mol. The van der Waals surface area contributed by atoms with Gasteiger partial charge in [-0.3, -0.25) is 0 Å². The average Bonchev–Trinajstić information content (AvgIpc) is 3.04. The van der Waals surface area contributed by atoms with Crippen molar-refractivity contribution in [1.82, 2.24) is 0 Å². The number of hydrogen-bond acceptors (Lipinski definition) is 2. The van der Waals surface area contributed by atoms with E-state index in [-0.39, 0.29) is 0 Å². The van der Waals surface area contributed by atoms with Crippen LogP contribution >= 0.6 is 0 Å². The van der Waals surface area contributed by atoms with E-state index in [4.69, 9.17) is 0 Å². The first-order valence-electron chi connectivity index (χ1n) is 19.5. The van der Waals surface area contributed by atoms with E-state index in [0.717, 1.165) is 0 Å². The third-order valence-corrected chi connectivity index (χ3v) is 9.99. The Morgan fingerprint density at radius 2 is 0.360 bits per heavy atom. The quantitative estimate of drug-likeness (QED) is 0.156. The summed E-state index contributed by atoms with van der Waals surface area (Å²) in [5, 5.41) is 7.81. The molecule has 4 aromatic rings. The molecule has 2 heteroatoms. The largest absolute Gasteiger partial charge is 0.355 e. The van der Waals surface area contributed by atoms with Gasteiger partial charge >= 0.3 is 0 Å². The molecule has 0 aromatic heterocycles. The maximum Gasteiger partial charge on any atom is 0.0454 e. The second kappa shape index (κ2) is 18.1. The molecule has 0 atom stereocenters. The minimum absolute atomic E-state index is 0.495. The Labute approximate surface area is 307 Å². The second-order valence-electron chi connectivity index (χ2n) is 16.7. The lowest BCUT2D eigenvalue weighted by Crippen LogP contribution is -2.08. The van der Waals surface area contributed by atoms with Crippen molar-refractivity contribution < 1.29 is 0 Å². The van der Waals surface area contributed by atoms with Crippen molar-refractivity contribution in [3.05, 3.63) is 117 Å². The van der Waals surface area contributed by atoms with Gasteiger partial charge in [0.15, 0.2) is 0 Å². The maximum absolute atomic E-state index is 3.90. The molecule has 4 aromatic carbocycles. The highest BCUT2D eigenvalue weighted by atomic mass is 14.9. The Bertz CT molecular complexity index is 1310. The molecular weight excluding hydrogens is 605 g/mol. The first-order chi connectivity index (χ1) is 23.5. The molecule has 0 aliphatic heterocycles. The number of benzene rings is 4. The zero-order valence-electron chi connectivity index (χ0n) is 34.5. The third kappa shape index (κ3) is 9.83. The number of nitrogens with one attached hydrogen (secondary N) is 2. The van der Waals surface area contributed by atoms with Gasteiger partial charge in [0, 0.05) is 22.7 Å². The molecule has 2 N–H and O–H groups in total. The third-order valence-electron chi connectivity index (χ3n) is 9.99. The van der Waals surface area contributed by atoms with E-state index in [9.17, 15) is 0 Å². The summed E-state index contributed by atoms with van der Waals surface area (Å²) < 4.78 is 0. The van der Waals surface area contributed by atoms with Gasteiger partial charge in [0.2, 0.25) is 0 Å². The van der Waals surface area contributed by atoms with E-state index >= 15 is 0 Å². The molecule has 0 amide bonds. The zero-order chi connectivity index (χ0) is 37.4. The minimum atomic E-state index is 0.495. The Morgan fingerprint density at radius 3 is 0.460 bits per heavy atom. The minimum Gasteiger partial charge on any atom is -0.355 e. The van der Waals surface area contributed by atoms with Gasteiger partial charge in [0.1, 0.15) is 0 Å². The van der Waals surface area contributed by atoms with Crippen LogP contribution in [0, 0.1) is 0 Å². The van der Waals surface area contributed by atoms with Gasteiger partial charge in [-0.2, -0.15) is 0 Å². The Morgan fingerprint density at radius 1 is 0.240 bits per heavy atom. The topological polar surface area (TPSA) is 24.1 Å². The first-order valence-corrected chi connectivity index (χ1v) is 19.5. The van der Waals surface area contributed by atoms with Gasteiger partial charge in [-0.25, -0.2) is 0 Å². The van der Waals surface area contributed by atoms with E-state index in [1.165, 1.54) is 67.3 Å². The Hall–Kier alpha value is -3.52. The average molecular weight is 675 g/mol. The molecule has 0 heterocycles. The van der Waals surface area contributed by atoms with Crippen LogP contribution < -0.4 is 10.6 Å². The fraction of sp³-hybridized carbons (Fsp3) is 0.500. The lowest BCUT2D eigenvalue weighted by Gasteiger charge is -2.26. The van der Waals surface area contributed by atoms with Crippen LogP contribution in [0.25, 0.3) is 0 Å². The summed E-state index contributed by atoms with van der Waals surface area (Å²) in [5.74, 6) is 3.96. The van der Waals surface area contributed by atoms with Crippen molar-refractivity contribution in [3.8, 4) is 0 Å². The van der Waals surface area contributed by atoms with Crippen molar-refractivity contribution in [2.75, 3.05) is 10.6 Å². The standard InChI is InChI=1S/2C24H35N/c2*1-15(2)19-11-9-12-20(16(3)4)23(19)25-24-21(17(5)6)13-10-14-22(24)18(7)8/h2*9-18,25H,1-8H3. The summed E-state index contributed by atoms with van der Waals surface area (Å²) in [5.41, 5.74) is 16.4. The Kier molecular flexibility index (Phi) is 14.8.